The van der Waals surface area contributed by atoms with Crippen LogP contribution in [-0.2, 0) is 0 Å². The quantitative estimate of drug-likeness (QED) is 0.657. The van der Waals surface area contributed by atoms with Gasteiger partial charge in [0, 0.05) is 11.1 Å². The molecule has 0 fully saturated rings. The molecule has 0 saturated carbocycles. The lowest BCUT2D eigenvalue weighted by Gasteiger charge is -2.20. The van der Waals surface area contributed by atoms with Crippen LogP contribution in [-0.4, -0.2) is 18.5 Å². The van der Waals surface area contributed by atoms with Crippen LogP contribution >= 0.6 is 0 Å². The Morgan fingerprint density at radius 1 is 1.13 bits per heavy atom. The van der Waals surface area contributed by atoms with Crippen molar-refractivity contribution in [3.63, 3.8) is 0 Å². The van der Waals surface area contributed by atoms with E-state index >= 15 is 0 Å². The van der Waals surface area contributed by atoms with Crippen molar-refractivity contribution in [2.75, 3.05) is 6.61 Å². The molecule has 1 heterocycles. The fourth-order valence-corrected chi connectivity index (χ4v) is 2.64. The zero-order valence-corrected chi connectivity index (χ0v) is 12.7. The summed E-state index contributed by atoms with van der Waals surface area (Å²) in [4.78, 5) is 15.6. The number of nitrogens with two attached hydrogens (primary N) is 2. The molecule has 1 aliphatic heterocycles. The third kappa shape index (κ3) is 2.94. The van der Waals surface area contributed by atoms with Gasteiger partial charge in [0.15, 0.2) is 5.96 Å². The van der Waals surface area contributed by atoms with Crippen LogP contribution in [0.5, 0.6) is 5.75 Å². The number of aryl methyl sites for hydroxylation is 1. The maximum atomic E-state index is 12.0. The second kappa shape index (κ2) is 5.96. The molecule has 0 saturated heterocycles. The van der Waals surface area contributed by atoms with Crippen LogP contribution < -0.4 is 16.2 Å². The first kappa shape index (κ1) is 14.8. The second-order valence-corrected chi connectivity index (χ2v) is 5.30. The Kier molecular flexibility index (Phi) is 3.85. The van der Waals surface area contributed by atoms with E-state index in [0.29, 0.717) is 12.2 Å². The average Bonchev–Trinajstić information content (AvgIpc) is 2.54. The molecule has 5 nitrogen and oxygen atoms in total. The van der Waals surface area contributed by atoms with Gasteiger partial charge in [-0.2, -0.15) is 4.99 Å². The standard InChI is InChI=1S/C18H17N3O2/c1-11-4-2-3-5-13(11)14-8-9-23-16-7-6-12(10-15(14)16)17(22)21-18(19)20/h2-8,10H,9H2,1H3,(H4,19,20,21,22). The van der Waals surface area contributed by atoms with E-state index in [0.717, 1.165) is 28.0 Å². The Labute approximate surface area is 134 Å². The van der Waals surface area contributed by atoms with Crippen LogP contribution in [0.1, 0.15) is 27.0 Å². The minimum atomic E-state index is -0.470. The Morgan fingerprint density at radius 2 is 1.91 bits per heavy atom. The van der Waals surface area contributed by atoms with Crippen LogP contribution in [0, 0.1) is 6.92 Å². The Hall–Kier alpha value is -3.08. The van der Waals surface area contributed by atoms with E-state index < -0.39 is 5.91 Å². The molecule has 0 aromatic heterocycles. The molecule has 4 N–H and O–H groups in total. The number of carbonyl (C=O) groups excluding carboxylic acids is 1. The number of ether oxygens (including phenoxy) is 1. The summed E-state index contributed by atoms with van der Waals surface area (Å²) >= 11 is 0. The normalized spacial score (nSPS) is 12.7. The van der Waals surface area contributed by atoms with Crippen molar-refractivity contribution in [1.29, 1.82) is 0 Å². The van der Waals surface area contributed by atoms with Crippen molar-refractivity contribution in [2.24, 2.45) is 16.5 Å². The van der Waals surface area contributed by atoms with Gasteiger partial charge < -0.3 is 16.2 Å². The van der Waals surface area contributed by atoms with Gasteiger partial charge in [0.1, 0.15) is 12.4 Å². The van der Waals surface area contributed by atoms with Gasteiger partial charge in [-0.1, -0.05) is 24.3 Å². The highest BCUT2D eigenvalue weighted by atomic mass is 16.5. The molecule has 0 radical (unpaired) electrons. The summed E-state index contributed by atoms with van der Waals surface area (Å²) in [5.41, 5.74) is 15.2. The number of guanidine groups is 1. The Morgan fingerprint density at radius 3 is 2.65 bits per heavy atom. The largest absolute Gasteiger partial charge is 0.489 e. The van der Waals surface area contributed by atoms with E-state index in [9.17, 15) is 4.79 Å². The number of nitrogens with zero attached hydrogens (tertiary/aromatic N) is 1. The molecule has 2 aromatic rings. The highest BCUT2D eigenvalue weighted by Crippen LogP contribution is 2.36. The lowest BCUT2D eigenvalue weighted by atomic mass is 9.91. The summed E-state index contributed by atoms with van der Waals surface area (Å²) in [6.45, 7) is 2.55. The van der Waals surface area contributed by atoms with Gasteiger partial charge in [0.05, 0.1) is 0 Å². The lowest BCUT2D eigenvalue weighted by Crippen LogP contribution is -2.24. The van der Waals surface area contributed by atoms with Gasteiger partial charge in [-0.05, 0) is 47.9 Å². The highest BCUT2D eigenvalue weighted by Gasteiger charge is 2.18. The van der Waals surface area contributed by atoms with Crippen molar-refractivity contribution in [2.45, 2.75) is 6.92 Å². The fraction of sp³-hybridized carbons (Fsp3) is 0.111. The summed E-state index contributed by atoms with van der Waals surface area (Å²) in [6, 6.07) is 13.3. The van der Waals surface area contributed by atoms with E-state index in [2.05, 4.69) is 24.0 Å². The van der Waals surface area contributed by atoms with Gasteiger partial charge in [-0.3, -0.25) is 4.79 Å². The fourth-order valence-electron chi connectivity index (χ4n) is 2.64. The molecule has 3 rings (SSSR count). The van der Waals surface area contributed by atoms with Crippen molar-refractivity contribution >= 4 is 17.4 Å². The predicted octanol–water partition coefficient (Wildman–Crippen LogP) is 2.23. The SMILES string of the molecule is Cc1ccccc1C1=CCOc2ccc(C(=O)N=C(N)N)cc21. The third-order valence-corrected chi connectivity index (χ3v) is 3.71. The number of aliphatic imine (C=N–C) groups is 1. The molecule has 1 aliphatic rings. The molecule has 116 valence electrons. The maximum Gasteiger partial charge on any atom is 0.280 e. The van der Waals surface area contributed by atoms with E-state index in [1.165, 1.54) is 0 Å². The van der Waals surface area contributed by atoms with E-state index in [-0.39, 0.29) is 5.96 Å². The first-order chi connectivity index (χ1) is 11.1. The number of hydrogen-bond acceptors (Lipinski definition) is 2. The van der Waals surface area contributed by atoms with E-state index in [1.54, 1.807) is 18.2 Å². The molecule has 0 aliphatic carbocycles. The number of amides is 1. The number of hydrogen-bond donors (Lipinski definition) is 2. The van der Waals surface area contributed by atoms with Crippen molar-refractivity contribution in [3.8, 4) is 5.75 Å². The van der Waals surface area contributed by atoms with Crippen LogP contribution in [0.15, 0.2) is 53.5 Å². The molecule has 2 aromatic carbocycles. The number of fused-ring (bicyclic) bond motifs is 1. The molecule has 0 bridgehead atoms. The van der Waals surface area contributed by atoms with Gasteiger partial charge in [-0.15, -0.1) is 0 Å². The zero-order valence-electron chi connectivity index (χ0n) is 12.7. The smallest absolute Gasteiger partial charge is 0.280 e. The number of benzene rings is 2. The molecular weight excluding hydrogens is 290 g/mol. The molecular formula is C18H17N3O2. The first-order valence-electron chi connectivity index (χ1n) is 7.23. The van der Waals surface area contributed by atoms with Gasteiger partial charge in [-0.25, -0.2) is 0 Å². The summed E-state index contributed by atoms with van der Waals surface area (Å²) in [6.07, 6.45) is 2.01. The molecule has 1 amide bonds. The maximum absolute atomic E-state index is 12.0. The van der Waals surface area contributed by atoms with Crippen molar-refractivity contribution < 1.29 is 9.53 Å². The summed E-state index contributed by atoms with van der Waals surface area (Å²) in [5, 5.41) is 0. The van der Waals surface area contributed by atoms with Crippen LogP contribution in [0.2, 0.25) is 0 Å². The summed E-state index contributed by atoms with van der Waals surface area (Å²) in [5.74, 6) is 0.0214. The van der Waals surface area contributed by atoms with Gasteiger partial charge in [0.2, 0.25) is 0 Å². The Bertz CT molecular complexity index is 834. The van der Waals surface area contributed by atoms with Crippen LogP contribution in [0.3, 0.4) is 0 Å². The summed E-state index contributed by atoms with van der Waals surface area (Å²) < 4.78 is 5.66. The minimum Gasteiger partial charge on any atom is -0.489 e. The molecule has 0 spiro atoms. The van der Waals surface area contributed by atoms with Crippen LogP contribution in [0.4, 0.5) is 0 Å². The molecule has 23 heavy (non-hydrogen) atoms. The summed E-state index contributed by atoms with van der Waals surface area (Å²) in [7, 11) is 0. The average molecular weight is 307 g/mol. The van der Waals surface area contributed by atoms with Crippen LogP contribution in [0.25, 0.3) is 5.57 Å². The Balaban J connectivity index is 2.09. The first-order valence-corrected chi connectivity index (χ1v) is 7.23. The topological polar surface area (TPSA) is 90.7 Å². The van der Waals surface area contributed by atoms with Gasteiger partial charge in [0.25, 0.3) is 5.91 Å². The number of carbonyl (C=O) groups is 1. The van der Waals surface area contributed by atoms with E-state index in [1.807, 2.05) is 18.2 Å². The molecule has 0 unspecified atom stereocenters. The molecule has 0 atom stereocenters. The number of rotatable bonds is 2. The minimum absolute atomic E-state index is 0.251. The third-order valence-electron chi connectivity index (χ3n) is 3.71. The van der Waals surface area contributed by atoms with Crippen molar-refractivity contribution in [3.05, 3.63) is 70.8 Å². The zero-order chi connectivity index (χ0) is 16.4. The highest BCUT2D eigenvalue weighted by molar-refractivity contribution is 6.03. The lowest BCUT2D eigenvalue weighted by molar-refractivity contribution is 0.100. The molecule has 5 heteroatoms. The predicted molar refractivity (Wildman–Crippen MR) is 90.3 cm³/mol. The monoisotopic (exact) mass is 307 g/mol. The van der Waals surface area contributed by atoms with Crippen molar-refractivity contribution in [1.82, 2.24) is 0 Å². The van der Waals surface area contributed by atoms with E-state index in [4.69, 9.17) is 16.2 Å². The van der Waals surface area contributed by atoms with Gasteiger partial charge >= 0.3 is 0 Å². The second-order valence-electron chi connectivity index (χ2n) is 5.30.